The molecular weight excluding hydrogens is 274 g/mol. The van der Waals surface area contributed by atoms with E-state index in [4.69, 9.17) is 5.11 Å². The van der Waals surface area contributed by atoms with Gasteiger partial charge in [0.05, 0.1) is 18.1 Å². The van der Waals surface area contributed by atoms with Crippen molar-refractivity contribution in [1.82, 2.24) is 15.3 Å². The van der Waals surface area contributed by atoms with E-state index >= 15 is 0 Å². The number of amides is 1. The molecule has 1 rings (SSSR count). The number of aromatic carboxylic acids is 1. The Balaban J connectivity index is 2.48. The highest BCUT2D eigenvalue weighted by atomic mass is 32.2. The third-order valence-electron chi connectivity index (χ3n) is 2.08. The first-order valence-corrected chi connectivity index (χ1v) is 7.37. The number of rotatable bonds is 6. The smallest absolute Gasteiger partial charge is 0.356 e. The maximum absolute atomic E-state index is 11.5. The topological polar surface area (TPSA) is 126 Å². The summed E-state index contributed by atoms with van der Waals surface area (Å²) in [6.45, 7) is 0.189. The van der Waals surface area contributed by atoms with E-state index in [0.29, 0.717) is 6.42 Å². The third-order valence-corrected chi connectivity index (χ3v) is 3.11. The molecule has 0 radical (unpaired) electrons. The molecule has 0 fully saturated rings. The standard InChI is InChI=1S/C10H13N3O5S/c1-19(17,18)4-2-3-11-9(14)7-5-13-8(6-12-7)10(15)16/h5-6H,2-4H2,1H3,(H,11,14)(H,15,16). The summed E-state index contributed by atoms with van der Waals surface area (Å²) in [5, 5.41) is 11.1. The lowest BCUT2D eigenvalue weighted by atomic mass is 10.3. The summed E-state index contributed by atoms with van der Waals surface area (Å²) in [7, 11) is -3.05. The number of carboxylic acid groups (broad SMARTS) is 1. The number of sulfone groups is 1. The van der Waals surface area contributed by atoms with Gasteiger partial charge in [0, 0.05) is 12.8 Å². The molecule has 8 nitrogen and oxygen atoms in total. The highest BCUT2D eigenvalue weighted by Gasteiger charge is 2.10. The van der Waals surface area contributed by atoms with Gasteiger partial charge in [0.15, 0.2) is 5.69 Å². The van der Waals surface area contributed by atoms with Crippen molar-refractivity contribution in [3.8, 4) is 0 Å². The van der Waals surface area contributed by atoms with E-state index in [1.54, 1.807) is 0 Å². The monoisotopic (exact) mass is 287 g/mol. The van der Waals surface area contributed by atoms with Gasteiger partial charge in [-0.15, -0.1) is 0 Å². The van der Waals surface area contributed by atoms with Gasteiger partial charge in [-0.2, -0.15) is 0 Å². The third kappa shape index (κ3) is 5.42. The molecule has 0 unspecified atom stereocenters. The van der Waals surface area contributed by atoms with Crippen LogP contribution in [0.4, 0.5) is 0 Å². The van der Waals surface area contributed by atoms with Crippen LogP contribution in [0.15, 0.2) is 12.4 Å². The first-order chi connectivity index (χ1) is 8.79. The average molecular weight is 287 g/mol. The molecule has 1 heterocycles. The molecule has 9 heteroatoms. The summed E-state index contributed by atoms with van der Waals surface area (Å²) < 4.78 is 21.7. The molecular formula is C10H13N3O5S. The minimum absolute atomic E-state index is 0.0170. The number of hydrogen-bond donors (Lipinski definition) is 2. The lowest BCUT2D eigenvalue weighted by Gasteiger charge is -2.03. The molecule has 0 aromatic carbocycles. The minimum Gasteiger partial charge on any atom is -0.476 e. The first kappa shape index (κ1) is 15.0. The molecule has 2 N–H and O–H groups in total. The number of nitrogens with zero attached hydrogens (tertiary/aromatic N) is 2. The summed E-state index contributed by atoms with van der Waals surface area (Å²) in [6.07, 6.45) is 3.44. The predicted octanol–water partition coefficient (Wildman–Crippen LogP) is -0.661. The Kier molecular flexibility index (Phi) is 4.93. The van der Waals surface area contributed by atoms with Gasteiger partial charge in [-0.05, 0) is 6.42 Å². The molecule has 0 aliphatic carbocycles. The van der Waals surface area contributed by atoms with Gasteiger partial charge in [-0.3, -0.25) is 4.79 Å². The fourth-order valence-electron chi connectivity index (χ4n) is 1.18. The Morgan fingerprint density at radius 3 is 2.32 bits per heavy atom. The Bertz CT molecular complexity index is 567. The molecule has 0 saturated carbocycles. The van der Waals surface area contributed by atoms with Crippen LogP contribution in [0.3, 0.4) is 0 Å². The molecule has 1 amide bonds. The minimum atomic E-state index is -3.05. The average Bonchev–Trinajstić information content (AvgIpc) is 2.33. The molecule has 0 bridgehead atoms. The molecule has 104 valence electrons. The van der Waals surface area contributed by atoms with Gasteiger partial charge in [-0.1, -0.05) is 0 Å². The van der Waals surface area contributed by atoms with E-state index in [9.17, 15) is 18.0 Å². The van der Waals surface area contributed by atoms with Gasteiger partial charge >= 0.3 is 5.97 Å². The van der Waals surface area contributed by atoms with Crippen molar-refractivity contribution in [2.24, 2.45) is 0 Å². The van der Waals surface area contributed by atoms with E-state index < -0.39 is 21.7 Å². The van der Waals surface area contributed by atoms with Gasteiger partial charge in [0.2, 0.25) is 0 Å². The Hall–Kier alpha value is -2.03. The highest BCUT2D eigenvalue weighted by molar-refractivity contribution is 7.90. The van der Waals surface area contributed by atoms with Crippen molar-refractivity contribution in [3.05, 3.63) is 23.8 Å². The van der Waals surface area contributed by atoms with Gasteiger partial charge in [0.25, 0.3) is 5.91 Å². The van der Waals surface area contributed by atoms with E-state index in [0.717, 1.165) is 18.6 Å². The second kappa shape index (κ2) is 6.23. The predicted molar refractivity (Wildman–Crippen MR) is 65.7 cm³/mol. The van der Waals surface area contributed by atoms with Crippen LogP contribution in [0, 0.1) is 0 Å². The van der Waals surface area contributed by atoms with Crippen molar-refractivity contribution in [1.29, 1.82) is 0 Å². The summed E-state index contributed by atoms with van der Waals surface area (Å²) >= 11 is 0. The maximum Gasteiger partial charge on any atom is 0.356 e. The number of carboxylic acids is 1. The molecule has 0 aliphatic rings. The van der Waals surface area contributed by atoms with Gasteiger partial charge in [0.1, 0.15) is 15.5 Å². The lowest BCUT2D eigenvalue weighted by Crippen LogP contribution is -2.27. The summed E-state index contributed by atoms with van der Waals surface area (Å²) in [6, 6.07) is 0. The zero-order chi connectivity index (χ0) is 14.5. The van der Waals surface area contributed by atoms with Crippen molar-refractivity contribution in [2.75, 3.05) is 18.6 Å². The Labute approximate surface area is 109 Å². The zero-order valence-corrected chi connectivity index (χ0v) is 11.0. The van der Waals surface area contributed by atoms with Crippen LogP contribution in [0.5, 0.6) is 0 Å². The fraction of sp³-hybridized carbons (Fsp3) is 0.400. The second-order valence-corrected chi connectivity index (χ2v) is 6.09. The quantitative estimate of drug-likeness (QED) is 0.665. The van der Waals surface area contributed by atoms with Crippen LogP contribution in [0.1, 0.15) is 27.4 Å². The Morgan fingerprint density at radius 1 is 1.26 bits per heavy atom. The fourth-order valence-corrected chi connectivity index (χ4v) is 1.85. The van der Waals surface area contributed by atoms with Gasteiger partial charge < -0.3 is 10.4 Å². The normalized spacial score (nSPS) is 11.0. The SMILES string of the molecule is CS(=O)(=O)CCCNC(=O)c1cnc(C(=O)O)cn1. The van der Waals surface area contributed by atoms with Crippen molar-refractivity contribution in [3.63, 3.8) is 0 Å². The largest absolute Gasteiger partial charge is 0.476 e. The number of aromatic nitrogens is 2. The van der Waals surface area contributed by atoms with Crippen molar-refractivity contribution in [2.45, 2.75) is 6.42 Å². The molecule has 0 spiro atoms. The summed E-state index contributed by atoms with van der Waals surface area (Å²) in [5.74, 6) is -1.78. The van der Waals surface area contributed by atoms with Gasteiger partial charge in [-0.25, -0.2) is 23.2 Å². The molecule has 0 aliphatic heterocycles. The lowest BCUT2D eigenvalue weighted by molar-refractivity contribution is 0.0689. The second-order valence-electron chi connectivity index (χ2n) is 3.83. The Morgan fingerprint density at radius 2 is 1.84 bits per heavy atom. The molecule has 0 saturated heterocycles. The molecule has 0 atom stereocenters. The number of nitrogens with one attached hydrogen (secondary N) is 1. The summed E-state index contributed by atoms with van der Waals surface area (Å²) in [5.41, 5.74) is -0.280. The van der Waals surface area contributed by atoms with E-state index in [1.165, 1.54) is 0 Å². The molecule has 1 aromatic rings. The van der Waals surface area contributed by atoms with Crippen LogP contribution < -0.4 is 5.32 Å². The molecule has 1 aromatic heterocycles. The van der Waals surface area contributed by atoms with Crippen LogP contribution in [-0.4, -0.2) is 53.9 Å². The highest BCUT2D eigenvalue weighted by Crippen LogP contribution is 1.96. The van der Waals surface area contributed by atoms with Crippen LogP contribution in [-0.2, 0) is 9.84 Å². The zero-order valence-electron chi connectivity index (χ0n) is 10.2. The van der Waals surface area contributed by atoms with E-state index in [2.05, 4.69) is 15.3 Å². The van der Waals surface area contributed by atoms with Crippen molar-refractivity contribution < 1.29 is 23.1 Å². The molecule has 19 heavy (non-hydrogen) atoms. The van der Waals surface area contributed by atoms with Crippen LogP contribution in [0.25, 0.3) is 0 Å². The van der Waals surface area contributed by atoms with Crippen molar-refractivity contribution >= 4 is 21.7 Å². The number of carbonyl (C=O) groups is 2. The van der Waals surface area contributed by atoms with Crippen LogP contribution >= 0.6 is 0 Å². The number of hydrogen-bond acceptors (Lipinski definition) is 6. The van der Waals surface area contributed by atoms with E-state index in [-0.39, 0.29) is 23.7 Å². The summed E-state index contributed by atoms with van der Waals surface area (Å²) in [4.78, 5) is 29.3. The number of carbonyl (C=O) groups excluding carboxylic acids is 1. The first-order valence-electron chi connectivity index (χ1n) is 5.31. The van der Waals surface area contributed by atoms with E-state index in [1.807, 2.05) is 0 Å². The van der Waals surface area contributed by atoms with Crippen LogP contribution in [0.2, 0.25) is 0 Å². The maximum atomic E-state index is 11.5.